The molecule has 2 amide bonds. The normalized spacial score (nSPS) is 27.5. The van der Waals surface area contributed by atoms with E-state index >= 15 is 0 Å². The summed E-state index contributed by atoms with van der Waals surface area (Å²) in [4.78, 5) is 30.0. The van der Waals surface area contributed by atoms with Crippen molar-refractivity contribution in [1.82, 2.24) is 20.0 Å². The molecule has 0 radical (unpaired) electrons. The Morgan fingerprint density at radius 2 is 1.86 bits per heavy atom. The van der Waals surface area contributed by atoms with Crippen molar-refractivity contribution in [2.75, 3.05) is 53.4 Å². The summed E-state index contributed by atoms with van der Waals surface area (Å²) in [6.07, 6.45) is 1.89. The molecule has 2 rings (SSSR count). The summed E-state index contributed by atoms with van der Waals surface area (Å²) in [5.74, 6) is 0.611. The molecular formula is C15H28N4O2. The Morgan fingerprint density at radius 1 is 1.19 bits per heavy atom. The third-order valence-corrected chi connectivity index (χ3v) is 4.51. The van der Waals surface area contributed by atoms with E-state index in [4.69, 9.17) is 0 Å². The van der Waals surface area contributed by atoms with Gasteiger partial charge in [0.25, 0.3) is 0 Å². The van der Waals surface area contributed by atoms with Crippen LogP contribution in [0.5, 0.6) is 0 Å². The first-order valence-electron chi connectivity index (χ1n) is 7.92. The number of nitrogens with one attached hydrogen (secondary N) is 1. The van der Waals surface area contributed by atoms with Crippen LogP contribution in [0.15, 0.2) is 0 Å². The van der Waals surface area contributed by atoms with Crippen molar-refractivity contribution in [3.63, 3.8) is 0 Å². The number of hydrogen-bond acceptors (Lipinski definition) is 4. The lowest BCUT2D eigenvalue weighted by Crippen LogP contribution is -2.53. The van der Waals surface area contributed by atoms with Gasteiger partial charge in [-0.15, -0.1) is 0 Å². The van der Waals surface area contributed by atoms with Crippen molar-refractivity contribution in [3.8, 4) is 0 Å². The number of piperazine rings is 1. The standard InChI is InChI=1S/C15H28N4O2/c1-12-10-13(4-5-16-12)15(21)19-8-6-18(7-9-19)11-14(20)17(2)3/h12-13,16H,4-11H2,1-3H3. The maximum atomic E-state index is 12.5. The predicted molar refractivity (Wildman–Crippen MR) is 81.9 cm³/mol. The Balaban J connectivity index is 1.78. The maximum absolute atomic E-state index is 12.5. The van der Waals surface area contributed by atoms with Crippen molar-refractivity contribution in [2.24, 2.45) is 5.92 Å². The minimum Gasteiger partial charge on any atom is -0.348 e. The first-order chi connectivity index (χ1) is 9.97. The quantitative estimate of drug-likeness (QED) is 0.770. The average molecular weight is 296 g/mol. The van der Waals surface area contributed by atoms with Gasteiger partial charge in [0, 0.05) is 52.2 Å². The number of amides is 2. The van der Waals surface area contributed by atoms with E-state index in [9.17, 15) is 9.59 Å². The van der Waals surface area contributed by atoms with E-state index in [1.54, 1.807) is 19.0 Å². The molecule has 120 valence electrons. The Morgan fingerprint density at radius 3 is 2.43 bits per heavy atom. The molecule has 0 aromatic carbocycles. The number of likely N-dealkylation sites (N-methyl/N-ethyl adjacent to an activating group) is 1. The molecule has 1 N–H and O–H groups in total. The van der Waals surface area contributed by atoms with Crippen LogP contribution < -0.4 is 5.32 Å². The van der Waals surface area contributed by atoms with Crippen molar-refractivity contribution < 1.29 is 9.59 Å². The van der Waals surface area contributed by atoms with Crippen LogP contribution in [-0.2, 0) is 9.59 Å². The molecule has 2 aliphatic rings. The Bertz CT molecular complexity index is 378. The first-order valence-corrected chi connectivity index (χ1v) is 7.92. The third-order valence-electron chi connectivity index (χ3n) is 4.51. The van der Waals surface area contributed by atoms with Gasteiger partial charge < -0.3 is 15.1 Å². The van der Waals surface area contributed by atoms with Crippen LogP contribution in [0.25, 0.3) is 0 Å². The zero-order chi connectivity index (χ0) is 15.4. The molecule has 0 saturated carbocycles. The Hall–Kier alpha value is -1.14. The Labute approximate surface area is 127 Å². The minimum absolute atomic E-state index is 0.127. The molecule has 6 heteroatoms. The minimum atomic E-state index is 0.127. The zero-order valence-electron chi connectivity index (χ0n) is 13.5. The lowest BCUT2D eigenvalue weighted by atomic mass is 9.92. The molecule has 0 aromatic rings. The van der Waals surface area contributed by atoms with Gasteiger partial charge in [0.2, 0.25) is 11.8 Å². The fourth-order valence-corrected chi connectivity index (χ4v) is 3.07. The molecule has 2 unspecified atom stereocenters. The summed E-state index contributed by atoms with van der Waals surface area (Å²) in [5, 5.41) is 3.39. The predicted octanol–water partition coefficient (Wildman–Crippen LogP) is -0.393. The SMILES string of the molecule is CC1CC(C(=O)N2CCN(CC(=O)N(C)C)CC2)CCN1. The van der Waals surface area contributed by atoms with Crippen molar-refractivity contribution in [3.05, 3.63) is 0 Å². The lowest BCUT2D eigenvalue weighted by molar-refractivity contribution is -0.139. The van der Waals surface area contributed by atoms with Crippen LogP contribution in [-0.4, -0.2) is 85.9 Å². The maximum Gasteiger partial charge on any atom is 0.236 e. The fraction of sp³-hybridized carbons (Fsp3) is 0.867. The number of hydrogen-bond donors (Lipinski definition) is 1. The van der Waals surface area contributed by atoms with E-state index in [2.05, 4.69) is 17.1 Å². The molecule has 6 nitrogen and oxygen atoms in total. The van der Waals surface area contributed by atoms with Crippen LogP contribution >= 0.6 is 0 Å². The number of carbonyl (C=O) groups excluding carboxylic acids is 2. The molecule has 2 atom stereocenters. The number of carbonyl (C=O) groups is 2. The highest BCUT2D eigenvalue weighted by Crippen LogP contribution is 2.19. The van der Waals surface area contributed by atoms with Gasteiger partial charge >= 0.3 is 0 Å². The van der Waals surface area contributed by atoms with E-state index in [0.29, 0.717) is 18.5 Å². The van der Waals surface area contributed by atoms with Gasteiger partial charge in [-0.25, -0.2) is 0 Å². The van der Waals surface area contributed by atoms with Crippen LogP contribution in [0.4, 0.5) is 0 Å². The monoisotopic (exact) mass is 296 g/mol. The summed E-state index contributed by atoms with van der Waals surface area (Å²) in [7, 11) is 3.56. The highest BCUT2D eigenvalue weighted by atomic mass is 16.2. The van der Waals surface area contributed by atoms with Crippen molar-refractivity contribution >= 4 is 11.8 Å². The van der Waals surface area contributed by atoms with Crippen molar-refractivity contribution in [2.45, 2.75) is 25.8 Å². The molecule has 0 aromatic heterocycles. The van der Waals surface area contributed by atoms with Crippen LogP contribution in [0.1, 0.15) is 19.8 Å². The van der Waals surface area contributed by atoms with Crippen LogP contribution in [0.3, 0.4) is 0 Å². The van der Waals surface area contributed by atoms with E-state index in [-0.39, 0.29) is 11.8 Å². The number of rotatable bonds is 3. The summed E-state index contributed by atoms with van der Waals surface area (Å²) in [6.45, 7) is 6.63. The second kappa shape index (κ2) is 7.22. The van der Waals surface area contributed by atoms with Gasteiger partial charge in [0.15, 0.2) is 0 Å². The second-order valence-electron chi connectivity index (χ2n) is 6.47. The lowest BCUT2D eigenvalue weighted by Gasteiger charge is -2.38. The molecule has 2 aliphatic heterocycles. The summed E-state index contributed by atoms with van der Waals surface area (Å²) >= 11 is 0. The molecule has 2 heterocycles. The zero-order valence-corrected chi connectivity index (χ0v) is 13.5. The molecule has 0 spiro atoms. The fourth-order valence-electron chi connectivity index (χ4n) is 3.07. The van der Waals surface area contributed by atoms with Crippen LogP contribution in [0, 0.1) is 5.92 Å². The molecule has 21 heavy (non-hydrogen) atoms. The topological polar surface area (TPSA) is 55.9 Å². The Kier molecular flexibility index (Phi) is 5.58. The molecular weight excluding hydrogens is 268 g/mol. The van der Waals surface area contributed by atoms with E-state index in [1.807, 2.05) is 4.90 Å². The number of nitrogens with zero attached hydrogens (tertiary/aromatic N) is 3. The van der Waals surface area contributed by atoms with E-state index in [0.717, 1.165) is 45.6 Å². The molecule has 0 aliphatic carbocycles. The van der Waals surface area contributed by atoms with Gasteiger partial charge in [0.05, 0.1) is 6.54 Å². The summed E-state index contributed by atoms with van der Waals surface area (Å²) in [6, 6.07) is 0.437. The molecule has 0 bridgehead atoms. The van der Waals surface area contributed by atoms with Gasteiger partial charge in [-0.05, 0) is 26.3 Å². The van der Waals surface area contributed by atoms with E-state index in [1.165, 1.54) is 0 Å². The average Bonchev–Trinajstić information content (AvgIpc) is 2.47. The summed E-state index contributed by atoms with van der Waals surface area (Å²) < 4.78 is 0. The third kappa shape index (κ3) is 4.41. The van der Waals surface area contributed by atoms with Gasteiger partial charge in [-0.3, -0.25) is 14.5 Å². The van der Waals surface area contributed by atoms with E-state index < -0.39 is 0 Å². The summed E-state index contributed by atoms with van der Waals surface area (Å²) in [5.41, 5.74) is 0. The van der Waals surface area contributed by atoms with Crippen molar-refractivity contribution in [1.29, 1.82) is 0 Å². The largest absolute Gasteiger partial charge is 0.348 e. The molecule has 2 fully saturated rings. The smallest absolute Gasteiger partial charge is 0.236 e. The molecule has 2 saturated heterocycles. The second-order valence-corrected chi connectivity index (χ2v) is 6.47. The number of piperidine rings is 1. The highest BCUT2D eigenvalue weighted by Gasteiger charge is 2.30. The van der Waals surface area contributed by atoms with Gasteiger partial charge in [-0.2, -0.15) is 0 Å². The van der Waals surface area contributed by atoms with Gasteiger partial charge in [0.1, 0.15) is 0 Å². The highest BCUT2D eigenvalue weighted by molar-refractivity contribution is 5.79. The van der Waals surface area contributed by atoms with Crippen LogP contribution in [0.2, 0.25) is 0 Å². The van der Waals surface area contributed by atoms with Gasteiger partial charge in [-0.1, -0.05) is 0 Å². The first kappa shape index (κ1) is 16.2.